The van der Waals surface area contributed by atoms with Gasteiger partial charge in [0.2, 0.25) is 0 Å². The van der Waals surface area contributed by atoms with Gasteiger partial charge >= 0.3 is 0 Å². The summed E-state index contributed by atoms with van der Waals surface area (Å²) in [5, 5.41) is 0. The number of hydrogen-bond donors (Lipinski definition) is 0. The Morgan fingerprint density at radius 1 is 1.44 bits per heavy atom. The molecule has 0 aromatic heterocycles. The van der Waals surface area contributed by atoms with E-state index in [4.69, 9.17) is 4.74 Å². The fourth-order valence-corrected chi connectivity index (χ4v) is 2.33. The summed E-state index contributed by atoms with van der Waals surface area (Å²) in [6, 6.07) is 3.99. The average Bonchev–Trinajstić information content (AvgIpc) is 2.16. The highest BCUT2D eigenvalue weighted by molar-refractivity contribution is 9.10. The number of methoxy groups -OCH3 is 1. The molecule has 1 aromatic carbocycles. The van der Waals surface area contributed by atoms with Crippen LogP contribution in [0.3, 0.4) is 0 Å². The lowest BCUT2D eigenvalue weighted by Gasteiger charge is -2.12. The summed E-state index contributed by atoms with van der Waals surface area (Å²) in [4.78, 5) is 11.7. The summed E-state index contributed by atoms with van der Waals surface area (Å²) >= 11 is 3.45. The first-order valence-electron chi connectivity index (χ1n) is 5.31. The van der Waals surface area contributed by atoms with Crippen LogP contribution in [0.2, 0.25) is 0 Å². The van der Waals surface area contributed by atoms with Gasteiger partial charge in [-0.15, -0.1) is 0 Å². The molecule has 0 bridgehead atoms. The van der Waals surface area contributed by atoms with Gasteiger partial charge < -0.3 is 4.74 Å². The van der Waals surface area contributed by atoms with Crippen LogP contribution in [-0.2, 0) is 11.2 Å². The van der Waals surface area contributed by atoms with Crippen LogP contribution in [0.1, 0.15) is 25.0 Å². The molecule has 1 rings (SSSR count). The fraction of sp³-hybridized carbons (Fsp3) is 0.462. The Bertz CT molecular complexity index is 397. The van der Waals surface area contributed by atoms with E-state index in [1.807, 2.05) is 32.9 Å². The lowest BCUT2D eigenvalue weighted by atomic mass is 9.99. The number of halogens is 1. The largest absolute Gasteiger partial charge is 0.495 e. The molecule has 0 radical (unpaired) electrons. The Morgan fingerprint density at radius 2 is 2.06 bits per heavy atom. The summed E-state index contributed by atoms with van der Waals surface area (Å²) in [5.74, 6) is 1.05. The predicted molar refractivity (Wildman–Crippen MR) is 69.0 cm³/mol. The second-order valence-electron chi connectivity index (χ2n) is 4.24. The first kappa shape index (κ1) is 13.2. The van der Waals surface area contributed by atoms with Gasteiger partial charge in [0.25, 0.3) is 0 Å². The third-order valence-corrected chi connectivity index (χ3v) is 3.07. The fourth-order valence-electron chi connectivity index (χ4n) is 1.55. The van der Waals surface area contributed by atoms with Gasteiger partial charge in [-0.1, -0.05) is 19.9 Å². The van der Waals surface area contributed by atoms with Crippen LogP contribution in [0.25, 0.3) is 0 Å². The molecule has 0 heterocycles. The van der Waals surface area contributed by atoms with Gasteiger partial charge in [0, 0.05) is 17.9 Å². The van der Waals surface area contributed by atoms with E-state index in [1.165, 1.54) is 0 Å². The minimum atomic E-state index is 0.0593. The van der Waals surface area contributed by atoms with Crippen LogP contribution in [0.15, 0.2) is 16.6 Å². The van der Waals surface area contributed by atoms with Gasteiger partial charge in [-0.2, -0.15) is 0 Å². The first-order valence-corrected chi connectivity index (χ1v) is 6.10. The van der Waals surface area contributed by atoms with Gasteiger partial charge in [0.1, 0.15) is 11.5 Å². The molecule has 0 aliphatic heterocycles. The van der Waals surface area contributed by atoms with Crippen molar-refractivity contribution in [2.24, 2.45) is 5.92 Å². The second-order valence-corrected chi connectivity index (χ2v) is 5.09. The quantitative estimate of drug-likeness (QED) is 0.846. The smallest absolute Gasteiger partial charge is 0.139 e. The van der Waals surface area contributed by atoms with Gasteiger partial charge in [-0.3, -0.25) is 4.79 Å². The molecule has 0 N–H and O–H groups in total. The molecular formula is C13H17BrO2. The highest BCUT2D eigenvalue weighted by Crippen LogP contribution is 2.31. The monoisotopic (exact) mass is 284 g/mol. The molecule has 0 atom stereocenters. The first-order chi connectivity index (χ1) is 7.45. The highest BCUT2D eigenvalue weighted by atomic mass is 79.9. The third-order valence-electron chi connectivity index (χ3n) is 2.48. The molecule has 16 heavy (non-hydrogen) atoms. The summed E-state index contributed by atoms with van der Waals surface area (Å²) < 4.78 is 6.22. The normalized spacial score (nSPS) is 10.6. The molecule has 3 heteroatoms. The van der Waals surface area contributed by atoms with E-state index < -0.39 is 0 Å². The third kappa shape index (κ3) is 3.08. The van der Waals surface area contributed by atoms with Crippen molar-refractivity contribution < 1.29 is 9.53 Å². The second kappa shape index (κ2) is 5.48. The molecule has 0 unspecified atom stereocenters. The molecule has 88 valence electrons. The van der Waals surface area contributed by atoms with Crippen molar-refractivity contribution in [1.82, 2.24) is 0 Å². The number of aryl methyl sites for hydroxylation is 1. The van der Waals surface area contributed by atoms with Gasteiger partial charge in [-0.05, 0) is 34.5 Å². The Hall–Kier alpha value is -0.830. The van der Waals surface area contributed by atoms with Crippen molar-refractivity contribution in [2.75, 3.05) is 7.11 Å². The van der Waals surface area contributed by atoms with E-state index in [0.717, 1.165) is 21.3 Å². The highest BCUT2D eigenvalue weighted by Gasteiger charge is 2.14. The summed E-state index contributed by atoms with van der Waals surface area (Å²) in [6.45, 7) is 5.84. The lowest BCUT2D eigenvalue weighted by molar-refractivity contribution is -0.121. The van der Waals surface area contributed by atoms with Crippen molar-refractivity contribution in [3.8, 4) is 5.75 Å². The number of hydrogen-bond acceptors (Lipinski definition) is 2. The molecule has 2 nitrogen and oxygen atoms in total. The van der Waals surface area contributed by atoms with E-state index in [-0.39, 0.29) is 11.7 Å². The van der Waals surface area contributed by atoms with E-state index >= 15 is 0 Å². The number of ketones is 1. The van der Waals surface area contributed by atoms with E-state index in [2.05, 4.69) is 15.9 Å². The number of ether oxygens (including phenoxy) is 1. The van der Waals surface area contributed by atoms with Crippen molar-refractivity contribution in [3.63, 3.8) is 0 Å². The van der Waals surface area contributed by atoms with E-state index in [1.54, 1.807) is 7.11 Å². The lowest BCUT2D eigenvalue weighted by Crippen LogP contribution is -2.11. The molecule has 0 fully saturated rings. The Morgan fingerprint density at radius 3 is 2.56 bits per heavy atom. The summed E-state index contributed by atoms with van der Waals surface area (Å²) in [7, 11) is 1.62. The Balaban J connectivity index is 3.07. The molecule has 0 aliphatic carbocycles. The minimum Gasteiger partial charge on any atom is -0.495 e. The zero-order chi connectivity index (χ0) is 12.3. The topological polar surface area (TPSA) is 26.3 Å². The van der Waals surface area contributed by atoms with Crippen molar-refractivity contribution in [3.05, 3.63) is 27.7 Å². The molecule has 0 amide bonds. The molecule has 0 saturated carbocycles. The standard InChI is InChI=1S/C13H17BrO2/c1-8(2)12(15)7-10-5-9(3)6-11(14)13(10)16-4/h5-6,8H,7H2,1-4H3. The van der Waals surface area contributed by atoms with Crippen molar-refractivity contribution >= 4 is 21.7 Å². The number of benzene rings is 1. The van der Waals surface area contributed by atoms with Gasteiger partial charge in [-0.25, -0.2) is 0 Å². The molecule has 0 spiro atoms. The van der Waals surface area contributed by atoms with Crippen molar-refractivity contribution in [1.29, 1.82) is 0 Å². The molecule has 0 aliphatic rings. The number of carbonyl (C=O) groups excluding carboxylic acids is 1. The van der Waals surface area contributed by atoms with Crippen LogP contribution >= 0.6 is 15.9 Å². The zero-order valence-electron chi connectivity index (χ0n) is 10.1. The van der Waals surface area contributed by atoms with E-state index in [0.29, 0.717) is 6.42 Å². The van der Waals surface area contributed by atoms with Crippen LogP contribution in [0.4, 0.5) is 0 Å². The maximum atomic E-state index is 11.7. The zero-order valence-corrected chi connectivity index (χ0v) is 11.7. The number of rotatable bonds is 4. The summed E-state index contributed by atoms with van der Waals surface area (Å²) in [5.41, 5.74) is 2.08. The van der Waals surface area contributed by atoms with Gasteiger partial charge in [0.15, 0.2) is 0 Å². The predicted octanol–water partition coefficient (Wildman–Crippen LogP) is 3.53. The van der Waals surface area contributed by atoms with E-state index in [9.17, 15) is 4.79 Å². The number of carbonyl (C=O) groups is 1. The van der Waals surface area contributed by atoms with Crippen LogP contribution in [0, 0.1) is 12.8 Å². The van der Waals surface area contributed by atoms with Crippen LogP contribution < -0.4 is 4.74 Å². The molecule has 0 saturated heterocycles. The number of Topliss-reactive ketones (excluding diaryl/α,β-unsaturated/α-hetero) is 1. The average molecular weight is 285 g/mol. The SMILES string of the molecule is COc1c(Br)cc(C)cc1CC(=O)C(C)C. The maximum Gasteiger partial charge on any atom is 0.139 e. The molecular weight excluding hydrogens is 268 g/mol. The minimum absolute atomic E-state index is 0.0593. The molecule has 1 aromatic rings. The Kier molecular flexibility index (Phi) is 4.54. The van der Waals surface area contributed by atoms with Gasteiger partial charge in [0.05, 0.1) is 11.6 Å². The summed E-state index contributed by atoms with van der Waals surface area (Å²) in [6.07, 6.45) is 0.432. The Labute approximate surface area is 105 Å². The van der Waals surface area contributed by atoms with Crippen LogP contribution in [-0.4, -0.2) is 12.9 Å². The maximum absolute atomic E-state index is 11.7. The van der Waals surface area contributed by atoms with Crippen LogP contribution in [0.5, 0.6) is 5.75 Å². The van der Waals surface area contributed by atoms with Crippen molar-refractivity contribution in [2.45, 2.75) is 27.2 Å².